The van der Waals surface area contributed by atoms with Crippen LogP contribution < -0.4 is 5.73 Å². The van der Waals surface area contributed by atoms with Crippen LogP contribution in [0.2, 0.25) is 0 Å². The van der Waals surface area contributed by atoms with E-state index in [0.717, 1.165) is 22.2 Å². The third kappa shape index (κ3) is 3.73. The molecule has 1 atom stereocenters. The minimum Gasteiger partial charge on any atom is -0.366 e. The summed E-state index contributed by atoms with van der Waals surface area (Å²) in [5, 5.41) is 13.5. The number of nitriles is 1. The van der Waals surface area contributed by atoms with Gasteiger partial charge in [-0.1, -0.05) is 23.9 Å². The van der Waals surface area contributed by atoms with E-state index in [-0.39, 0.29) is 5.56 Å². The van der Waals surface area contributed by atoms with E-state index in [1.165, 1.54) is 24.0 Å². The zero-order valence-corrected chi connectivity index (χ0v) is 14.6. The second-order valence-corrected chi connectivity index (χ2v) is 6.78. The van der Waals surface area contributed by atoms with Crippen LogP contribution in [0.5, 0.6) is 0 Å². The highest BCUT2D eigenvalue weighted by Gasteiger charge is 2.12. The summed E-state index contributed by atoms with van der Waals surface area (Å²) in [6.07, 6.45) is 4.34. The molecule has 3 rings (SSSR count). The number of amides is 1. The van der Waals surface area contributed by atoms with Crippen molar-refractivity contribution in [1.82, 2.24) is 14.8 Å². The van der Waals surface area contributed by atoms with Gasteiger partial charge < -0.3 is 5.73 Å². The van der Waals surface area contributed by atoms with Crippen LogP contribution in [-0.2, 0) is 0 Å². The van der Waals surface area contributed by atoms with Crippen LogP contribution in [0, 0.1) is 11.3 Å². The van der Waals surface area contributed by atoms with Crippen LogP contribution in [0.1, 0.15) is 22.8 Å². The number of hydrogen-bond acceptors (Lipinski definition) is 5. The lowest BCUT2D eigenvalue weighted by molar-refractivity contribution is 0.100. The van der Waals surface area contributed by atoms with Crippen LogP contribution in [0.15, 0.2) is 53.8 Å². The number of carbonyl (C=O) groups is 1. The van der Waals surface area contributed by atoms with E-state index in [4.69, 9.17) is 5.73 Å². The van der Waals surface area contributed by atoms with Gasteiger partial charge in [0.2, 0.25) is 0 Å². The summed E-state index contributed by atoms with van der Waals surface area (Å²) in [6, 6.07) is 11.0. The number of aromatic nitrogens is 3. The molecule has 0 fully saturated rings. The third-order valence-corrected chi connectivity index (χ3v) is 4.41. The maximum Gasteiger partial charge on any atom is 0.251 e. The predicted octanol–water partition coefficient (Wildman–Crippen LogP) is 3.31. The number of nitrogens with two attached hydrogens (primary N) is 1. The molecule has 0 aliphatic rings. The van der Waals surface area contributed by atoms with Gasteiger partial charge in [0.05, 0.1) is 23.4 Å². The first-order valence-electron chi connectivity index (χ1n) is 7.64. The van der Waals surface area contributed by atoms with Gasteiger partial charge in [-0.15, -0.1) is 0 Å². The van der Waals surface area contributed by atoms with Gasteiger partial charge in [0, 0.05) is 28.9 Å². The van der Waals surface area contributed by atoms with Gasteiger partial charge in [-0.3, -0.25) is 4.79 Å². The highest BCUT2D eigenvalue weighted by Crippen LogP contribution is 2.30. The Labute approximate surface area is 153 Å². The van der Waals surface area contributed by atoms with Crippen LogP contribution in [0.25, 0.3) is 16.9 Å². The molecule has 0 aliphatic heterocycles. The molecule has 0 saturated heterocycles. The van der Waals surface area contributed by atoms with Crippen molar-refractivity contribution in [3.05, 3.63) is 60.0 Å². The van der Waals surface area contributed by atoms with Crippen molar-refractivity contribution in [2.24, 2.45) is 5.73 Å². The summed E-state index contributed by atoms with van der Waals surface area (Å²) in [4.78, 5) is 16.3. The van der Waals surface area contributed by atoms with Gasteiger partial charge in [0.25, 0.3) is 5.91 Å². The summed E-state index contributed by atoms with van der Waals surface area (Å²) in [7, 11) is 0. The Hall–Kier alpha value is -3.18. The average Bonchev–Trinajstić information content (AvgIpc) is 3.11. The molecule has 26 heavy (non-hydrogen) atoms. The number of halogens is 1. The van der Waals surface area contributed by atoms with E-state index in [9.17, 15) is 14.4 Å². The number of benzene rings is 1. The Kier molecular flexibility index (Phi) is 5.00. The van der Waals surface area contributed by atoms with Crippen molar-refractivity contribution in [2.45, 2.75) is 17.3 Å². The molecule has 2 N–H and O–H groups in total. The van der Waals surface area contributed by atoms with Crippen molar-refractivity contribution in [2.75, 3.05) is 0 Å². The van der Waals surface area contributed by atoms with Crippen molar-refractivity contribution in [1.29, 1.82) is 5.26 Å². The summed E-state index contributed by atoms with van der Waals surface area (Å²) in [5.74, 6) is -0.203. The van der Waals surface area contributed by atoms with E-state index in [1.807, 2.05) is 24.3 Å². The number of alkyl halides is 1. The number of nitrogens with zero attached hydrogens (tertiary/aromatic N) is 4. The molecule has 8 heteroatoms. The highest BCUT2D eigenvalue weighted by atomic mass is 32.2. The topological polar surface area (TPSA) is 97.6 Å². The van der Waals surface area contributed by atoms with Gasteiger partial charge in [0.1, 0.15) is 5.50 Å². The lowest BCUT2D eigenvalue weighted by atomic mass is 10.0. The first-order chi connectivity index (χ1) is 12.5. The van der Waals surface area contributed by atoms with E-state index >= 15 is 0 Å². The first-order valence-corrected chi connectivity index (χ1v) is 8.52. The fourth-order valence-electron chi connectivity index (χ4n) is 2.39. The second-order valence-electron chi connectivity index (χ2n) is 5.43. The van der Waals surface area contributed by atoms with Gasteiger partial charge in [-0.25, -0.2) is 14.1 Å². The molecule has 3 aromatic rings. The Morgan fingerprint density at radius 1 is 1.38 bits per heavy atom. The quantitative estimate of drug-likeness (QED) is 0.698. The number of thioether (sulfide) groups is 1. The smallest absolute Gasteiger partial charge is 0.251 e. The van der Waals surface area contributed by atoms with Gasteiger partial charge >= 0.3 is 0 Å². The van der Waals surface area contributed by atoms with E-state index < -0.39 is 11.4 Å². The number of rotatable bonds is 5. The van der Waals surface area contributed by atoms with E-state index in [1.54, 1.807) is 12.3 Å². The lowest BCUT2D eigenvalue weighted by Crippen LogP contribution is -2.09. The third-order valence-electron chi connectivity index (χ3n) is 3.56. The molecule has 0 saturated carbocycles. The maximum atomic E-state index is 13.2. The van der Waals surface area contributed by atoms with Crippen LogP contribution >= 0.6 is 11.8 Å². The molecule has 1 amide bonds. The maximum absolute atomic E-state index is 13.2. The number of carbonyl (C=O) groups excluding carboxylic acids is 1. The van der Waals surface area contributed by atoms with E-state index in [0.29, 0.717) is 16.9 Å². The molecule has 0 radical (unpaired) electrons. The van der Waals surface area contributed by atoms with Crippen molar-refractivity contribution >= 4 is 17.7 Å². The summed E-state index contributed by atoms with van der Waals surface area (Å²) in [5.41, 5.74) is 6.23. The fourth-order valence-corrected chi connectivity index (χ4v) is 3.12. The summed E-state index contributed by atoms with van der Waals surface area (Å²) >= 11 is 1.10. The number of pyridine rings is 1. The second kappa shape index (κ2) is 7.37. The zero-order chi connectivity index (χ0) is 18.7. The molecule has 2 aromatic heterocycles. The summed E-state index contributed by atoms with van der Waals surface area (Å²) < 4.78 is 14.6. The predicted molar refractivity (Wildman–Crippen MR) is 96.5 cm³/mol. The molecule has 2 heterocycles. The van der Waals surface area contributed by atoms with Gasteiger partial charge in [-0.2, -0.15) is 10.4 Å². The number of primary amides is 1. The molecular weight excluding hydrogens is 353 g/mol. The van der Waals surface area contributed by atoms with Gasteiger partial charge in [-0.05, 0) is 24.6 Å². The minimum atomic E-state index is -1.03. The molecular formula is C18H14FN5OS. The van der Waals surface area contributed by atoms with Crippen molar-refractivity contribution in [3.63, 3.8) is 0 Å². The summed E-state index contributed by atoms with van der Waals surface area (Å²) in [6.45, 7) is 1.47. The van der Waals surface area contributed by atoms with Crippen LogP contribution in [0.4, 0.5) is 4.39 Å². The fraction of sp³-hybridized carbons (Fsp3) is 0.111. The van der Waals surface area contributed by atoms with Crippen molar-refractivity contribution < 1.29 is 9.18 Å². The Morgan fingerprint density at radius 2 is 2.19 bits per heavy atom. The highest BCUT2D eigenvalue weighted by molar-refractivity contribution is 7.99. The van der Waals surface area contributed by atoms with Crippen LogP contribution in [-0.4, -0.2) is 26.2 Å². The minimum absolute atomic E-state index is 0.249. The Balaban J connectivity index is 1.99. The molecule has 0 spiro atoms. The molecule has 6 nitrogen and oxygen atoms in total. The SMILES string of the molecule is CC(F)Sc1cccc(-c2cnc(-n3cc(C(N)=O)cn3)cc2C#N)c1. The zero-order valence-electron chi connectivity index (χ0n) is 13.8. The Bertz CT molecular complexity index is 1010. The molecule has 1 unspecified atom stereocenters. The normalized spacial score (nSPS) is 11.7. The molecule has 1 aromatic carbocycles. The lowest BCUT2D eigenvalue weighted by Gasteiger charge is -2.09. The molecule has 0 aliphatic carbocycles. The largest absolute Gasteiger partial charge is 0.366 e. The van der Waals surface area contributed by atoms with Gasteiger partial charge in [0.15, 0.2) is 5.82 Å². The average molecular weight is 367 g/mol. The van der Waals surface area contributed by atoms with Crippen molar-refractivity contribution in [3.8, 4) is 23.0 Å². The molecule has 0 bridgehead atoms. The molecule has 130 valence electrons. The van der Waals surface area contributed by atoms with Crippen LogP contribution in [0.3, 0.4) is 0 Å². The standard InChI is InChI=1S/C18H14FN5OS/c1-11(19)26-15-4-2-3-12(5-15)16-9-22-17(6-13(16)7-20)24-10-14(8-23-24)18(21)25/h2-6,8-11H,1H3,(H2,21,25). The number of hydrogen-bond donors (Lipinski definition) is 1. The van der Waals surface area contributed by atoms with E-state index in [2.05, 4.69) is 16.2 Å². The monoisotopic (exact) mass is 367 g/mol. The Morgan fingerprint density at radius 3 is 2.85 bits per heavy atom. The first kappa shape index (κ1) is 17.6.